The molecule has 0 aliphatic heterocycles. The molecular weight excluding hydrogens is 206 g/mol. The number of ether oxygens (including phenoxy) is 1. The van der Waals surface area contributed by atoms with Gasteiger partial charge in [0.05, 0.1) is 6.61 Å². The average molecular weight is 227 g/mol. The SMILES string of the molecule is CCOC(=O)C(=O)N(C)C1CCCC(C)C1. The Bertz CT molecular complexity index is 265. The predicted molar refractivity (Wildman–Crippen MR) is 60.8 cm³/mol. The highest BCUT2D eigenvalue weighted by molar-refractivity contribution is 6.32. The molecule has 4 nitrogen and oxygen atoms in total. The molecule has 0 radical (unpaired) electrons. The van der Waals surface area contributed by atoms with E-state index in [0.29, 0.717) is 5.92 Å². The number of nitrogens with zero attached hydrogens (tertiary/aromatic N) is 1. The minimum atomic E-state index is -0.733. The van der Waals surface area contributed by atoms with Gasteiger partial charge in [-0.25, -0.2) is 4.79 Å². The van der Waals surface area contributed by atoms with Crippen LogP contribution < -0.4 is 0 Å². The van der Waals surface area contributed by atoms with Crippen molar-refractivity contribution >= 4 is 11.9 Å². The molecule has 0 spiro atoms. The van der Waals surface area contributed by atoms with Crippen LogP contribution in [0.1, 0.15) is 39.5 Å². The number of hydrogen-bond acceptors (Lipinski definition) is 3. The third-order valence-electron chi connectivity index (χ3n) is 3.23. The molecule has 16 heavy (non-hydrogen) atoms. The van der Waals surface area contributed by atoms with Gasteiger partial charge >= 0.3 is 11.9 Å². The zero-order valence-electron chi connectivity index (χ0n) is 10.4. The van der Waals surface area contributed by atoms with Crippen molar-refractivity contribution in [1.29, 1.82) is 0 Å². The fraction of sp³-hybridized carbons (Fsp3) is 0.833. The molecule has 0 aromatic rings. The topological polar surface area (TPSA) is 46.6 Å². The maximum Gasteiger partial charge on any atom is 0.397 e. The second-order valence-electron chi connectivity index (χ2n) is 4.56. The van der Waals surface area contributed by atoms with Crippen molar-refractivity contribution in [3.8, 4) is 0 Å². The number of carbonyl (C=O) groups excluding carboxylic acids is 2. The third kappa shape index (κ3) is 3.22. The maximum atomic E-state index is 11.7. The Labute approximate surface area is 96.9 Å². The van der Waals surface area contributed by atoms with Gasteiger partial charge < -0.3 is 9.64 Å². The number of esters is 1. The summed E-state index contributed by atoms with van der Waals surface area (Å²) in [5, 5.41) is 0. The Hall–Kier alpha value is -1.06. The molecule has 0 saturated heterocycles. The van der Waals surface area contributed by atoms with Gasteiger partial charge in [0.2, 0.25) is 0 Å². The maximum absolute atomic E-state index is 11.7. The van der Waals surface area contributed by atoms with Gasteiger partial charge in [0.1, 0.15) is 0 Å². The van der Waals surface area contributed by atoms with Crippen LogP contribution in [0.15, 0.2) is 0 Å². The first-order valence-corrected chi connectivity index (χ1v) is 6.00. The van der Waals surface area contributed by atoms with Crippen molar-refractivity contribution in [2.45, 2.75) is 45.6 Å². The highest BCUT2D eigenvalue weighted by atomic mass is 16.5. The second-order valence-corrected chi connectivity index (χ2v) is 4.56. The lowest BCUT2D eigenvalue weighted by molar-refractivity contribution is -0.160. The Balaban J connectivity index is 2.52. The Morgan fingerprint density at radius 1 is 1.38 bits per heavy atom. The van der Waals surface area contributed by atoms with Crippen LogP contribution in [0, 0.1) is 5.92 Å². The van der Waals surface area contributed by atoms with E-state index in [9.17, 15) is 9.59 Å². The average Bonchev–Trinajstić information content (AvgIpc) is 2.27. The van der Waals surface area contributed by atoms with E-state index in [1.54, 1.807) is 18.9 Å². The van der Waals surface area contributed by atoms with E-state index in [1.165, 1.54) is 6.42 Å². The first kappa shape index (κ1) is 13.0. The van der Waals surface area contributed by atoms with E-state index in [4.69, 9.17) is 4.74 Å². The molecule has 1 fully saturated rings. The summed E-state index contributed by atoms with van der Waals surface area (Å²) in [6, 6.07) is 0.195. The smallest absolute Gasteiger partial charge is 0.397 e. The first-order chi connectivity index (χ1) is 7.56. The normalized spacial score (nSPS) is 24.9. The lowest BCUT2D eigenvalue weighted by Crippen LogP contribution is -2.43. The Kier molecular flexibility index (Phi) is 4.77. The highest BCUT2D eigenvalue weighted by Gasteiger charge is 2.29. The molecule has 4 heteroatoms. The fourth-order valence-electron chi connectivity index (χ4n) is 2.26. The van der Waals surface area contributed by atoms with Gasteiger partial charge in [-0.1, -0.05) is 19.8 Å². The van der Waals surface area contributed by atoms with Gasteiger partial charge in [0, 0.05) is 13.1 Å². The molecular formula is C12H21NO3. The zero-order chi connectivity index (χ0) is 12.1. The monoisotopic (exact) mass is 227 g/mol. The highest BCUT2D eigenvalue weighted by Crippen LogP contribution is 2.26. The van der Waals surface area contributed by atoms with Crippen LogP contribution in [-0.2, 0) is 14.3 Å². The van der Waals surface area contributed by atoms with E-state index in [1.807, 2.05) is 0 Å². The molecule has 0 N–H and O–H groups in total. The molecule has 1 rings (SSSR count). The summed E-state index contributed by atoms with van der Waals surface area (Å²) >= 11 is 0. The van der Waals surface area contributed by atoms with E-state index < -0.39 is 11.9 Å². The number of likely N-dealkylation sites (N-methyl/N-ethyl adjacent to an activating group) is 1. The summed E-state index contributed by atoms with van der Waals surface area (Å²) in [6.45, 7) is 4.14. The minimum Gasteiger partial charge on any atom is -0.459 e. The molecule has 2 unspecified atom stereocenters. The number of hydrogen-bond donors (Lipinski definition) is 0. The molecule has 1 aliphatic carbocycles. The fourth-order valence-corrected chi connectivity index (χ4v) is 2.26. The standard InChI is InChI=1S/C12H21NO3/c1-4-16-12(15)11(14)13(3)10-7-5-6-9(2)8-10/h9-10H,4-8H2,1-3H3. The first-order valence-electron chi connectivity index (χ1n) is 6.00. The van der Waals surface area contributed by atoms with Crippen molar-refractivity contribution in [1.82, 2.24) is 4.90 Å². The molecule has 0 aromatic carbocycles. The summed E-state index contributed by atoms with van der Waals surface area (Å²) in [7, 11) is 1.70. The summed E-state index contributed by atoms with van der Waals surface area (Å²) in [5.74, 6) is -0.611. The van der Waals surface area contributed by atoms with Crippen molar-refractivity contribution < 1.29 is 14.3 Å². The molecule has 0 aromatic heterocycles. The zero-order valence-corrected chi connectivity index (χ0v) is 10.4. The van der Waals surface area contributed by atoms with E-state index >= 15 is 0 Å². The van der Waals surface area contributed by atoms with Crippen LogP contribution in [0.2, 0.25) is 0 Å². The number of carbonyl (C=O) groups is 2. The molecule has 0 heterocycles. The van der Waals surface area contributed by atoms with Crippen LogP contribution in [0.5, 0.6) is 0 Å². The van der Waals surface area contributed by atoms with Crippen LogP contribution in [0.3, 0.4) is 0 Å². The molecule has 2 atom stereocenters. The summed E-state index contributed by atoms with van der Waals surface area (Å²) in [6.07, 6.45) is 4.33. The quantitative estimate of drug-likeness (QED) is 0.531. The van der Waals surface area contributed by atoms with Crippen LogP contribution >= 0.6 is 0 Å². The summed E-state index contributed by atoms with van der Waals surface area (Å²) in [5.41, 5.74) is 0. The largest absolute Gasteiger partial charge is 0.459 e. The van der Waals surface area contributed by atoms with Crippen LogP contribution in [0.25, 0.3) is 0 Å². The molecule has 1 aliphatic rings. The van der Waals surface area contributed by atoms with Crippen LogP contribution in [0.4, 0.5) is 0 Å². The predicted octanol–water partition coefficient (Wildman–Crippen LogP) is 1.59. The molecule has 92 valence electrons. The lowest BCUT2D eigenvalue weighted by atomic mass is 9.86. The van der Waals surface area contributed by atoms with Gasteiger partial charge in [-0.3, -0.25) is 4.79 Å². The van der Waals surface area contributed by atoms with Gasteiger partial charge in [0.15, 0.2) is 0 Å². The number of amides is 1. The van der Waals surface area contributed by atoms with Crippen LogP contribution in [-0.4, -0.2) is 36.5 Å². The third-order valence-corrected chi connectivity index (χ3v) is 3.23. The lowest BCUT2D eigenvalue weighted by Gasteiger charge is -2.33. The van der Waals surface area contributed by atoms with Crippen molar-refractivity contribution in [3.05, 3.63) is 0 Å². The Morgan fingerprint density at radius 3 is 2.62 bits per heavy atom. The Morgan fingerprint density at radius 2 is 2.06 bits per heavy atom. The van der Waals surface area contributed by atoms with E-state index in [0.717, 1.165) is 19.3 Å². The van der Waals surface area contributed by atoms with Gasteiger partial charge in [-0.15, -0.1) is 0 Å². The van der Waals surface area contributed by atoms with Gasteiger partial charge in [0.25, 0.3) is 0 Å². The van der Waals surface area contributed by atoms with Crippen molar-refractivity contribution in [2.75, 3.05) is 13.7 Å². The van der Waals surface area contributed by atoms with Gasteiger partial charge in [-0.05, 0) is 25.7 Å². The summed E-state index contributed by atoms with van der Waals surface area (Å²) in [4.78, 5) is 24.5. The van der Waals surface area contributed by atoms with Crippen molar-refractivity contribution in [3.63, 3.8) is 0 Å². The second kappa shape index (κ2) is 5.87. The van der Waals surface area contributed by atoms with E-state index in [-0.39, 0.29) is 12.6 Å². The molecule has 0 bridgehead atoms. The van der Waals surface area contributed by atoms with Crippen molar-refractivity contribution in [2.24, 2.45) is 5.92 Å². The van der Waals surface area contributed by atoms with E-state index in [2.05, 4.69) is 6.92 Å². The molecule has 1 saturated carbocycles. The van der Waals surface area contributed by atoms with Gasteiger partial charge in [-0.2, -0.15) is 0 Å². The summed E-state index contributed by atoms with van der Waals surface area (Å²) < 4.78 is 4.71. The number of rotatable bonds is 2. The minimum absolute atomic E-state index is 0.195. The molecule has 1 amide bonds.